The molecule has 0 aromatic heterocycles. The van der Waals surface area contributed by atoms with Gasteiger partial charge in [0.25, 0.3) is 0 Å². The molecule has 0 fully saturated rings. The summed E-state index contributed by atoms with van der Waals surface area (Å²) in [6.07, 6.45) is -0.875. The summed E-state index contributed by atoms with van der Waals surface area (Å²) < 4.78 is 3.34. The molecule has 27 heavy (non-hydrogen) atoms. The van der Waals surface area contributed by atoms with Gasteiger partial charge < -0.3 is 20.7 Å². The summed E-state index contributed by atoms with van der Waals surface area (Å²) in [5, 5.41) is 8.59. The van der Waals surface area contributed by atoms with Gasteiger partial charge in [-0.15, -0.1) is 0 Å². The molecule has 1 unspecified atom stereocenters. The highest BCUT2D eigenvalue weighted by atomic mass is 35.6. The van der Waals surface area contributed by atoms with E-state index < -0.39 is 9.96 Å². The molecule has 0 aliphatic heterocycles. The van der Waals surface area contributed by atoms with Gasteiger partial charge in [-0.2, -0.15) is 0 Å². The first-order valence-corrected chi connectivity index (χ1v) is 9.43. The van der Waals surface area contributed by atoms with Crippen molar-refractivity contribution in [2.45, 2.75) is 16.4 Å². The van der Waals surface area contributed by atoms with E-state index in [2.05, 4.69) is 16.0 Å². The van der Waals surface area contributed by atoms with Gasteiger partial charge in [0.1, 0.15) is 11.9 Å². The molecule has 3 N–H and O–H groups in total. The number of alkyl halides is 3. The van der Waals surface area contributed by atoms with Gasteiger partial charge >= 0.3 is 0 Å². The summed E-state index contributed by atoms with van der Waals surface area (Å²) >= 11 is 23.2. The highest BCUT2D eigenvalue weighted by Crippen LogP contribution is 2.29. The van der Waals surface area contributed by atoms with E-state index in [0.29, 0.717) is 11.4 Å². The van der Waals surface area contributed by atoms with Crippen molar-refractivity contribution < 1.29 is 9.53 Å². The van der Waals surface area contributed by atoms with E-state index in [1.807, 2.05) is 30.3 Å². The molecule has 9 heteroatoms. The standard InChI is InChI=1S/C18H18Cl3N3O2S/c1-26-14-9-5-8-13(11-14)22-17(27)24-16(18(19,20)21)23-15(25)10-12-6-3-2-4-7-12/h2-9,11,16H,10H2,1H3,(H,23,25)(H2,22,24,27). The molecule has 2 rings (SSSR count). The Morgan fingerprint density at radius 3 is 2.44 bits per heavy atom. The lowest BCUT2D eigenvalue weighted by Crippen LogP contribution is -2.56. The van der Waals surface area contributed by atoms with Gasteiger partial charge in [-0.3, -0.25) is 4.79 Å². The zero-order chi connectivity index (χ0) is 19.9. The molecule has 0 spiro atoms. The molecule has 144 valence electrons. The van der Waals surface area contributed by atoms with E-state index in [1.165, 1.54) is 0 Å². The Hall–Kier alpha value is -1.73. The topological polar surface area (TPSA) is 62.4 Å². The van der Waals surface area contributed by atoms with Crippen LogP contribution in [0.25, 0.3) is 0 Å². The smallest absolute Gasteiger partial charge is 0.228 e. The van der Waals surface area contributed by atoms with Gasteiger partial charge in [0.2, 0.25) is 9.70 Å². The second kappa shape index (κ2) is 9.99. The number of ether oxygens (including phenoxy) is 1. The predicted octanol–water partition coefficient (Wildman–Crippen LogP) is 4.04. The van der Waals surface area contributed by atoms with E-state index >= 15 is 0 Å². The monoisotopic (exact) mass is 445 g/mol. The zero-order valence-corrected chi connectivity index (χ0v) is 17.4. The number of methoxy groups -OCH3 is 1. The van der Waals surface area contributed by atoms with Crippen LogP contribution in [0.3, 0.4) is 0 Å². The van der Waals surface area contributed by atoms with Gasteiger partial charge in [0.15, 0.2) is 5.11 Å². The summed E-state index contributed by atoms with van der Waals surface area (Å²) in [7, 11) is 1.57. The number of amides is 1. The molecule has 2 aromatic carbocycles. The number of rotatable bonds is 6. The second-order valence-corrected chi connectivity index (χ2v) is 8.31. The van der Waals surface area contributed by atoms with Crippen molar-refractivity contribution in [3.8, 4) is 5.75 Å². The zero-order valence-electron chi connectivity index (χ0n) is 14.3. The third kappa shape index (κ3) is 7.42. The number of benzene rings is 2. The van der Waals surface area contributed by atoms with Crippen LogP contribution in [0.4, 0.5) is 5.69 Å². The maximum atomic E-state index is 12.3. The Morgan fingerprint density at radius 2 is 1.81 bits per heavy atom. The molecule has 5 nitrogen and oxygen atoms in total. The molecule has 0 saturated heterocycles. The first-order chi connectivity index (χ1) is 12.8. The molecule has 0 saturated carbocycles. The number of halogens is 3. The average Bonchev–Trinajstić information content (AvgIpc) is 2.61. The fourth-order valence-electron chi connectivity index (χ4n) is 2.19. The molecule has 1 atom stereocenters. The summed E-state index contributed by atoms with van der Waals surface area (Å²) in [5.41, 5.74) is 1.53. The number of thiocarbonyl (C=S) groups is 1. The Balaban J connectivity index is 1.99. The number of carbonyl (C=O) groups excluding carboxylic acids is 1. The minimum Gasteiger partial charge on any atom is -0.497 e. The minimum atomic E-state index is -1.81. The lowest BCUT2D eigenvalue weighted by Gasteiger charge is -2.27. The molecular formula is C18H18Cl3N3O2S. The quantitative estimate of drug-likeness (QED) is 0.355. The number of anilines is 1. The fourth-order valence-corrected chi connectivity index (χ4v) is 2.76. The Bertz CT molecular complexity index is 785. The van der Waals surface area contributed by atoms with Crippen LogP contribution in [0.15, 0.2) is 54.6 Å². The van der Waals surface area contributed by atoms with Gasteiger partial charge in [-0.25, -0.2) is 0 Å². The van der Waals surface area contributed by atoms with Crippen LogP contribution in [0.2, 0.25) is 0 Å². The van der Waals surface area contributed by atoms with Crippen molar-refractivity contribution in [3.05, 3.63) is 60.2 Å². The van der Waals surface area contributed by atoms with E-state index in [0.717, 1.165) is 5.56 Å². The third-order valence-corrected chi connectivity index (χ3v) is 4.32. The van der Waals surface area contributed by atoms with Crippen molar-refractivity contribution in [2.75, 3.05) is 12.4 Å². The Kier molecular flexibility index (Phi) is 7.98. The van der Waals surface area contributed by atoms with Crippen LogP contribution in [-0.4, -0.2) is 28.1 Å². The minimum absolute atomic E-state index is 0.149. The normalized spacial score (nSPS) is 12.0. The largest absolute Gasteiger partial charge is 0.497 e. The van der Waals surface area contributed by atoms with E-state index in [4.69, 9.17) is 51.8 Å². The third-order valence-electron chi connectivity index (χ3n) is 3.44. The number of nitrogens with one attached hydrogen (secondary N) is 3. The van der Waals surface area contributed by atoms with Crippen LogP contribution in [0.1, 0.15) is 5.56 Å². The number of hydrogen-bond acceptors (Lipinski definition) is 3. The van der Waals surface area contributed by atoms with Crippen molar-refractivity contribution >= 4 is 63.7 Å². The van der Waals surface area contributed by atoms with Crippen LogP contribution in [0.5, 0.6) is 5.75 Å². The van der Waals surface area contributed by atoms with Crippen LogP contribution in [0, 0.1) is 0 Å². The van der Waals surface area contributed by atoms with Gasteiger partial charge in [-0.05, 0) is 29.9 Å². The molecule has 2 aromatic rings. The van der Waals surface area contributed by atoms with Gasteiger partial charge in [0, 0.05) is 11.8 Å². The first kappa shape index (κ1) is 21.6. The molecule has 1 amide bonds. The van der Waals surface area contributed by atoms with Crippen LogP contribution in [-0.2, 0) is 11.2 Å². The predicted molar refractivity (Wildman–Crippen MR) is 115 cm³/mol. The van der Waals surface area contributed by atoms with Crippen molar-refractivity contribution in [3.63, 3.8) is 0 Å². The average molecular weight is 447 g/mol. The molecule has 0 aliphatic carbocycles. The molecular weight excluding hydrogens is 429 g/mol. The Labute approximate surface area is 178 Å². The van der Waals surface area contributed by atoms with E-state index in [9.17, 15) is 4.79 Å². The Morgan fingerprint density at radius 1 is 1.11 bits per heavy atom. The SMILES string of the molecule is COc1cccc(NC(=S)NC(NC(=O)Cc2ccccc2)C(Cl)(Cl)Cl)c1. The van der Waals surface area contributed by atoms with Gasteiger partial charge in [-0.1, -0.05) is 71.2 Å². The van der Waals surface area contributed by atoms with E-state index in [-0.39, 0.29) is 17.4 Å². The summed E-state index contributed by atoms with van der Waals surface area (Å²) in [5.74, 6) is 0.353. The summed E-state index contributed by atoms with van der Waals surface area (Å²) in [6.45, 7) is 0. The lowest BCUT2D eigenvalue weighted by molar-refractivity contribution is -0.121. The number of carbonyl (C=O) groups is 1. The second-order valence-electron chi connectivity index (χ2n) is 5.53. The molecule has 0 radical (unpaired) electrons. The van der Waals surface area contributed by atoms with Crippen molar-refractivity contribution in [2.24, 2.45) is 0 Å². The highest BCUT2D eigenvalue weighted by Gasteiger charge is 2.34. The maximum Gasteiger partial charge on any atom is 0.228 e. The van der Waals surface area contributed by atoms with Crippen molar-refractivity contribution in [1.29, 1.82) is 0 Å². The highest BCUT2D eigenvalue weighted by molar-refractivity contribution is 7.80. The fraction of sp³-hybridized carbons (Fsp3) is 0.222. The first-order valence-electron chi connectivity index (χ1n) is 7.89. The molecule has 0 heterocycles. The molecule has 0 aliphatic rings. The maximum absolute atomic E-state index is 12.3. The van der Waals surface area contributed by atoms with Crippen LogP contribution >= 0.6 is 47.0 Å². The summed E-state index contributed by atoms with van der Waals surface area (Å²) in [6, 6.07) is 16.4. The number of hydrogen-bond donors (Lipinski definition) is 3. The van der Waals surface area contributed by atoms with Gasteiger partial charge in [0.05, 0.1) is 13.5 Å². The van der Waals surface area contributed by atoms with Crippen molar-refractivity contribution in [1.82, 2.24) is 10.6 Å². The molecule has 0 bridgehead atoms. The van der Waals surface area contributed by atoms with Crippen LogP contribution < -0.4 is 20.7 Å². The van der Waals surface area contributed by atoms with E-state index in [1.54, 1.807) is 31.4 Å². The lowest BCUT2D eigenvalue weighted by atomic mass is 10.1. The summed E-state index contributed by atoms with van der Waals surface area (Å²) in [4.78, 5) is 12.3.